The predicted molar refractivity (Wildman–Crippen MR) is 47.2 cm³/mol. The molecule has 1 aliphatic carbocycles. The quantitative estimate of drug-likeness (QED) is 0.788. The van der Waals surface area contributed by atoms with Gasteiger partial charge in [-0.3, -0.25) is 0 Å². The summed E-state index contributed by atoms with van der Waals surface area (Å²) in [5, 5.41) is 8.89. The van der Waals surface area contributed by atoms with Crippen molar-refractivity contribution in [3.63, 3.8) is 0 Å². The Morgan fingerprint density at radius 2 is 2.15 bits per heavy atom. The van der Waals surface area contributed by atoms with Gasteiger partial charge < -0.3 is 5.11 Å². The van der Waals surface area contributed by atoms with Gasteiger partial charge in [-0.05, 0) is 18.2 Å². The maximum atomic E-state index is 12.8. The summed E-state index contributed by atoms with van der Waals surface area (Å²) in [7, 11) is -1.23. The van der Waals surface area contributed by atoms with Gasteiger partial charge in [0.05, 0.1) is 10.8 Å². The molecule has 4 heteroatoms. The molecule has 0 aliphatic heterocycles. The maximum absolute atomic E-state index is 12.8. The van der Waals surface area contributed by atoms with Gasteiger partial charge in [0.2, 0.25) is 0 Å². The van der Waals surface area contributed by atoms with E-state index in [1.54, 1.807) is 0 Å². The van der Waals surface area contributed by atoms with Crippen molar-refractivity contribution in [2.45, 2.75) is 11.3 Å². The number of aromatic hydroxyl groups is 1. The molecule has 0 spiro atoms. The lowest BCUT2D eigenvalue weighted by atomic mass is 10.3. The smallest absolute Gasteiger partial charge is 0.166 e. The second-order valence-electron chi connectivity index (χ2n) is 2.76. The molecule has 13 heavy (non-hydrogen) atoms. The van der Waals surface area contributed by atoms with E-state index in [-0.39, 0.29) is 0 Å². The molecule has 1 aromatic rings. The number of halogens is 1. The van der Waals surface area contributed by atoms with Gasteiger partial charge in [-0.2, -0.15) is 0 Å². The second-order valence-corrected chi connectivity index (χ2v) is 4.29. The monoisotopic (exact) mass is 198 g/mol. The molecule has 0 fully saturated rings. The molecule has 1 atom stereocenters. The Morgan fingerprint density at radius 1 is 1.46 bits per heavy atom. The number of benzene rings is 1. The molecule has 1 unspecified atom stereocenters. The molecule has 1 aromatic carbocycles. The maximum Gasteiger partial charge on any atom is 0.166 e. The van der Waals surface area contributed by atoms with E-state index in [2.05, 4.69) is 0 Å². The molecule has 0 saturated carbocycles. The third kappa shape index (κ3) is 1.62. The van der Waals surface area contributed by atoms with Crippen LogP contribution in [0, 0.1) is 5.82 Å². The first-order valence-corrected chi connectivity index (χ1v) is 4.93. The third-order valence-electron chi connectivity index (χ3n) is 1.74. The van der Waals surface area contributed by atoms with E-state index in [0.717, 1.165) is 17.4 Å². The summed E-state index contributed by atoms with van der Waals surface area (Å²) < 4.78 is 24.3. The van der Waals surface area contributed by atoms with Crippen LogP contribution in [-0.2, 0) is 10.8 Å². The normalized spacial score (nSPS) is 16.5. The fourth-order valence-corrected chi connectivity index (χ4v) is 2.04. The highest BCUT2D eigenvalue weighted by molar-refractivity contribution is 7.89. The minimum atomic E-state index is -1.23. The van der Waals surface area contributed by atoms with Crippen molar-refractivity contribution in [3.8, 4) is 5.75 Å². The van der Waals surface area contributed by atoms with Crippen LogP contribution in [0.25, 0.3) is 0 Å². The number of hydrogen-bond acceptors (Lipinski definition) is 2. The van der Waals surface area contributed by atoms with Crippen LogP contribution < -0.4 is 0 Å². The fraction of sp³-hybridized carbons (Fsp3) is 0.111. The Bertz CT molecular complexity index is 412. The number of rotatable bonds is 2. The second kappa shape index (κ2) is 2.96. The lowest BCUT2D eigenvalue weighted by molar-refractivity contribution is 0.431. The zero-order valence-corrected chi connectivity index (χ0v) is 7.47. The van der Waals surface area contributed by atoms with Crippen molar-refractivity contribution in [1.82, 2.24) is 0 Å². The summed E-state index contributed by atoms with van der Waals surface area (Å²) in [5.41, 5.74) is 0. The van der Waals surface area contributed by atoms with E-state index in [1.807, 2.05) is 6.08 Å². The van der Waals surface area contributed by atoms with Crippen molar-refractivity contribution < 1.29 is 13.7 Å². The molecule has 0 bridgehead atoms. The standard InChI is InChI=1S/C9H7FO2S/c10-8-5-7(3-4-9(8)11)13(12)6-1-2-6/h1,3-5,11H,2H2. The van der Waals surface area contributed by atoms with E-state index in [4.69, 9.17) is 5.11 Å². The summed E-state index contributed by atoms with van der Waals surface area (Å²) in [6.45, 7) is 0. The van der Waals surface area contributed by atoms with Crippen LogP contribution in [0.4, 0.5) is 4.39 Å². The zero-order chi connectivity index (χ0) is 9.42. The molecular weight excluding hydrogens is 191 g/mol. The van der Waals surface area contributed by atoms with Crippen LogP contribution in [0.3, 0.4) is 0 Å². The fourth-order valence-electron chi connectivity index (χ4n) is 0.947. The summed E-state index contributed by atoms with van der Waals surface area (Å²) >= 11 is 0. The molecule has 68 valence electrons. The number of phenolic OH excluding ortho intramolecular Hbond substituents is 1. The van der Waals surface area contributed by atoms with Crippen LogP contribution in [0.5, 0.6) is 5.75 Å². The number of allylic oxidation sites excluding steroid dienone is 2. The Hall–Kier alpha value is -1.16. The van der Waals surface area contributed by atoms with Gasteiger partial charge in [0.15, 0.2) is 11.6 Å². The topological polar surface area (TPSA) is 37.3 Å². The first-order valence-electron chi connectivity index (χ1n) is 3.78. The van der Waals surface area contributed by atoms with Crippen LogP contribution in [0.15, 0.2) is 34.1 Å². The van der Waals surface area contributed by atoms with Gasteiger partial charge >= 0.3 is 0 Å². The Morgan fingerprint density at radius 3 is 2.69 bits per heavy atom. The average Bonchev–Trinajstić information content (AvgIpc) is 2.91. The summed E-state index contributed by atoms with van der Waals surface area (Å²) in [5.74, 6) is -1.14. The first kappa shape index (κ1) is 8.44. The highest BCUT2D eigenvalue weighted by Gasteiger charge is 2.18. The molecule has 0 aromatic heterocycles. The molecule has 0 saturated heterocycles. The van der Waals surface area contributed by atoms with Crippen molar-refractivity contribution in [2.24, 2.45) is 0 Å². The lowest BCUT2D eigenvalue weighted by Gasteiger charge is -1.99. The molecule has 1 aliphatic rings. The Labute approximate surface area is 77.2 Å². The van der Waals surface area contributed by atoms with E-state index >= 15 is 0 Å². The van der Waals surface area contributed by atoms with Gasteiger partial charge in [0.1, 0.15) is 0 Å². The van der Waals surface area contributed by atoms with E-state index < -0.39 is 22.4 Å². The van der Waals surface area contributed by atoms with Gasteiger partial charge in [0.25, 0.3) is 0 Å². The van der Waals surface area contributed by atoms with Crippen molar-refractivity contribution in [2.75, 3.05) is 0 Å². The summed E-state index contributed by atoms with van der Waals surface area (Å²) in [4.78, 5) is 1.23. The highest BCUT2D eigenvalue weighted by atomic mass is 32.2. The van der Waals surface area contributed by atoms with E-state index in [9.17, 15) is 8.60 Å². The molecule has 2 nitrogen and oxygen atoms in total. The SMILES string of the molecule is O=S(C1=CC1)c1ccc(O)c(F)c1. The van der Waals surface area contributed by atoms with Crippen LogP contribution in [-0.4, -0.2) is 9.32 Å². The largest absolute Gasteiger partial charge is 0.505 e. The van der Waals surface area contributed by atoms with Crippen molar-refractivity contribution in [3.05, 3.63) is 35.0 Å². The molecule has 0 radical (unpaired) electrons. The zero-order valence-electron chi connectivity index (χ0n) is 6.66. The van der Waals surface area contributed by atoms with Crippen LogP contribution >= 0.6 is 0 Å². The Kier molecular flexibility index (Phi) is 1.92. The number of phenols is 1. The molecule has 0 amide bonds. The summed E-state index contributed by atoms with van der Waals surface area (Å²) in [6, 6.07) is 3.78. The molecule has 1 N–H and O–H groups in total. The first-order chi connectivity index (χ1) is 6.18. The molecular formula is C9H7FO2S. The van der Waals surface area contributed by atoms with E-state index in [0.29, 0.717) is 4.90 Å². The van der Waals surface area contributed by atoms with Gasteiger partial charge in [-0.1, -0.05) is 6.08 Å². The third-order valence-corrected chi connectivity index (χ3v) is 3.23. The van der Waals surface area contributed by atoms with Gasteiger partial charge in [-0.15, -0.1) is 0 Å². The van der Waals surface area contributed by atoms with Crippen molar-refractivity contribution in [1.29, 1.82) is 0 Å². The number of hydrogen-bond donors (Lipinski definition) is 1. The predicted octanol–water partition coefficient (Wildman–Crippen LogP) is 1.93. The Balaban J connectivity index is 2.35. The minimum absolute atomic E-state index is 0.402. The average molecular weight is 198 g/mol. The van der Waals surface area contributed by atoms with E-state index in [1.165, 1.54) is 12.1 Å². The van der Waals surface area contributed by atoms with Crippen molar-refractivity contribution >= 4 is 10.8 Å². The van der Waals surface area contributed by atoms with Gasteiger partial charge in [0, 0.05) is 16.2 Å². The minimum Gasteiger partial charge on any atom is -0.505 e. The van der Waals surface area contributed by atoms with Gasteiger partial charge in [-0.25, -0.2) is 8.60 Å². The van der Waals surface area contributed by atoms with Crippen LogP contribution in [0.2, 0.25) is 0 Å². The lowest BCUT2D eigenvalue weighted by Crippen LogP contribution is -1.89. The summed E-state index contributed by atoms with van der Waals surface area (Å²) in [6.07, 6.45) is 2.58. The molecule has 2 rings (SSSR count). The van der Waals surface area contributed by atoms with Crippen LogP contribution in [0.1, 0.15) is 6.42 Å². The molecule has 0 heterocycles. The highest BCUT2D eigenvalue weighted by Crippen LogP contribution is 2.29.